The van der Waals surface area contributed by atoms with Crippen LogP contribution in [0, 0.1) is 20.8 Å². The molecule has 0 aliphatic heterocycles. The van der Waals surface area contributed by atoms with E-state index >= 15 is 0 Å². The smallest absolute Gasteiger partial charge is 0.271 e. The average Bonchev–Trinajstić information content (AvgIpc) is 2.68. The molecule has 3 rings (SSSR count). The predicted molar refractivity (Wildman–Crippen MR) is 119 cm³/mol. The summed E-state index contributed by atoms with van der Waals surface area (Å²) < 4.78 is 1.36. The second-order valence-electron chi connectivity index (χ2n) is 6.90. The SMILES string of the molecule is Cc1ccc(-n2nc(S[C@@H](C)C(=O)Nc3ccc(C)c(Cl)c3)ccc2=O)cc1C. The Morgan fingerprint density at radius 1 is 1.03 bits per heavy atom. The number of hydrogen-bond acceptors (Lipinski definition) is 4. The first-order valence-electron chi connectivity index (χ1n) is 9.16. The third kappa shape index (κ3) is 5.08. The molecule has 0 unspecified atom stereocenters. The fourth-order valence-electron chi connectivity index (χ4n) is 2.65. The fraction of sp³-hybridized carbons (Fsp3) is 0.227. The Morgan fingerprint density at radius 3 is 2.45 bits per heavy atom. The zero-order chi connectivity index (χ0) is 21.1. The number of amides is 1. The van der Waals surface area contributed by atoms with Crippen molar-refractivity contribution in [1.82, 2.24) is 9.78 Å². The van der Waals surface area contributed by atoms with Crippen LogP contribution >= 0.6 is 23.4 Å². The van der Waals surface area contributed by atoms with Crippen molar-refractivity contribution >= 4 is 35.0 Å². The summed E-state index contributed by atoms with van der Waals surface area (Å²) in [4.78, 5) is 24.8. The Kier molecular flexibility index (Phi) is 6.45. The molecule has 0 aliphatic rings. The molecule has 1 atom stereocenters. The molecule has 0 spiro atoms. The number of nitrogens with zero attached hydrogens (tertiary/aromatic N) is 2. The highest BCUT2D eigenvalue weighted by atomic mass is 35.5. The van der Waals surface area contributed by atoms with Crippen LogP contribution in [0.3, 0.4) is 0 Å². The molecule has 0 saturated heterocycles. The zero-order valence-electron chi connectivity index (χ0n) is 16.7. The minimum atomic E-state index is -0.409. The summed E-state index contributed by atoms with van der Waals surface area (Å²) in [5.74, 6) is -0.166. The highest BCUT2D eigenvalue weighted by Gasteiger charge is 2.17. The number of rotatable bonds is 5. The monoisotopic (exact) mass is 427 g/mol. The van der Waals surface area contributed by atoms with Crippen molar-refractivity contribution in [2.75, 3.05) is 5.32 Å². The minimum Gasteiger partial charge on any atom is -0.325 e. The van der Waals surface area contributed by atoms with Crippen molar-refractivity contribution in [2.24, 2.45) is 0 Å². The Labute approximate surface area is 179 Å². The van der Waals surface area contributed by atoms with Crippen LogP contribution in [0.25, 0.3) is 5.69 Å². The van der Waals surface area contributed by atoms with E-state index in [0.717, 1.165) is 16.7 Å². The van der Waals surface area contributed by atoms with Crippen molar-refractivity contribution in [3.8, 4) is 5.69 Å². The molecule has 7 heteroatoms. The summed E-state index contributed by atoms with van der Waals surface area (Å²) in [5, 5.41) is 8.08. The normalized spacial score (nSPS) is 11.9. The topological polar surface area (TPSA) is 64.0 Å². The summed E-state index contributed by atoms with van der Waals surface area (Å²) in [7, 11) is 0. The van der Waals surface area contributed by atoms with Crippen molar-refractivity contribution in [2.45, 2.75) is 38.0 Å². The number of carbonyl (C=O) groups is 1. The molecule has 1 aromatic heterocycles. The van der Waals surface area contributed by atoms with E-state index in [0.29, 0.717) is 21.4 Å². The van der Waals surface area contributed by atoms with Crippen molar-refractivity contribution in [3.05, 3.63) is 80.6 Å². The zero-order valence-corrected chi connectivity index (χ0v) is 18.3. The van der Waals surface area contributed by atoms with Crippen LogP contribution in [0.2, 0.25) is 5.02 Å². The maximum atomic E-state index is 12.5. The van der Waals surface area contributed by atoms with Crippen LogP contribution in [0.15, 0.2) is 58.4 Å². The number of thioether (sulfide) groups is 1. The van der Waals surface area contributed by atoms with Crippen LogP contribution < -0.4 is 10.9 Å². The maximum absolute atomic E-state index is 12.5. The lowest BCUT2D eigenvalue weighted by molar-refractivity contribution is -0.115. The number of nitrogens with one attached hydrogen (secondary N) is 1. The second kappa shape index (κ2) is 8.84. The highest BCUT2D eigenvalue weighted by Crippen LogP contribution is 2.24. The Hall–Kier alpha value is -2.57. The molecule has 1 heterocycles. The van der Waals surface area contributed by atoms with E-state index in [1.54, 1.807) is 19.1 Å². The molecule has 0 saturated carbocycles. The number of hydrogen-bond donors (Lipinski definition) is 1. The third-order valence-electron chi connectivity index (χ3n) is 4.62. The first kappa shape index (κ1) is 21.1. The minimum absolute atomic E-state index is 0.166. The molecule has 1 amide bonds. The van der Waals surface area contributed by atoms with Gasteiger partial charge in [-0.2, -0.15) is 9.78 Å². The highest BCUT2D eigenvalue weighted by molar-refractivity contribution is 8.00. The van der Waals surface area contributed by atoms with Gasteiger partial charge >= 0.3 is 0 Å². The number of aromatic nitrogens is 2. The van der Waals surface area contributed by atoms with Gasteiger partial charge in [0.25, 0.3) is 5.56 Å². The van der Waals surface area contributed by atoms with Gasteiger partial charge in [-0.15, -0.1) is 0 Å². The molecule has 2 aromatic carbocycles. The Balaban J connectivity index is 1.77. The van der Waals surface area contributed by atoms with E-state index in [9.17, 15) is 9.59 Å². The van der Waals surface area contributed by atoms with E-state index in [1.165, 1.54) is 22.5 Å². The molecule has 0 aliphatic carbocycles. The Morgan fingerprint density at radius 2 is 1.76 bits per heavy atom. The fourth-order valence-corrected chi connectivity index (χ4v) is 3.63. The van der Waals surface area contributed by atoms with E-state index in [-0.39, 0.29) is 11.5 Å². The van der Waals surface area contributed by atoms with Crippen LogP contribution in [-0.2, 0) is 4.79 Å². The number of carbonyl (C=O) groups excluding carboxylic acids is 1. The number of halogens is 1. The van der Waals surface area contributed by atoms with E-state index in [4.69, 9.17) is 11.6 Å². The standard InChI is InChI=1S/C22H22ClN3O2S/c1-13-6-8-18(11-15(13)3)26-21(27)10-9-20(25-26)29-16(4)22(28)24-17-7-5-14(2)19(23)12-17/h5-12,16H,1-4H3,(H,24,28)/t16-/m0/s1. The number of aryl methyl sites for hydroxylation is 3. The van der Waals surface area contributed by atoms with Gasteiger partial charge in [0.05, 0.1) is 10.9 Å². The average molecular weight is 428 g/mol. The van der Waals surface area contributed by atoms with Gasteiger partial charge < -0.3 is 5.32 Å². The third-order valence-corrected chi connectivity index (χ3v) is 6.05. The molecule has 0 fully saturated rings. The second-order valence-corrected chi connectivity index (χ2v) is 8.67. The van der Waals surface area contributed by atoms with Gasteiger partial charge in [0.1, 0.15) is 5.03 Å². The molecule has 3 aromatic rings. The summed E-state index contributed by atoms with van der Waals surface area (Å²) in [5.41, 5.74) is 4.31. The predicted octanol–water partition coefficient (Wildman–Crippen LogP) is 4.93. The summed E-state index contributed by atoms with van der Waals surface area (Å²) in [6, 6.07) is 14.3. The maximum Gasteiger partial charge on any atom is 0.271 e. The molecule has 1 N–H and O–H groups in total. The molecule has 29 heavy (non-hydrogen) atoms. The van der Waals surface area contributed by atoms with Crippen LogP contribution in [0.1, 0.15) is 23.6 Å². The quantitative estimate of drug-likeness (QED) is 0.586. The summed E-state index contributed by atoms with van der Waals surface area (Å²) in [6.07, 6.45) is 0. The van der Waals surface area contributed by atoms with Gasteiger partial charge in [-0.3, -0.25) is 9.59 Å². The lowest BCUT2D eigenvalue weighted by Crippen LogP contribution is -2.24. The Bertz CT molecular complexity index is 1130. The number of benzene rings is 2. The molecular formula is C22H22ClN3O2S. The van der Waals surface area contributed by atoms with Gasteiger partial charge in [0, 0.05) is 16.8 Å². The molecule has 0 radical (unpaired) electrons. The molecule has 5 nitrogen and oxygen atoms in total. The summed E-state index contributed by atoms with van der Waals surface area (Å²) >= 11 is 7.41. The first-order valence-corrected chi connectivity index (χ1v) is 10.4. The van der Waals surface area contributed by atoms with Gasteiger partial charge in [-0.05, 0) is 74.7 Å². The van der Waals surface area contributed by atoms with Gasteiger partial charge in [-0.25, -0.2) is 0 Å². The number of anilines is 1. The van der Waals surface area contributed by atoms with E-state index in [2.05, 4.69) is 10.4 Å². The summed E-state index contributed by atoms with van der Waals surface area (Å²) in [6.45, 7) is 7.71. The lowest BCUT2D eigenvalue weighted by atomic mass is 10.1. The van der Waals surface area contributed by atoms with Crippen molar-refractivity contribution in [1.29, 1.82) is 0 Å². The van der Waals surface area contributed by atoms with Crippen LogP contribution in [0.4, 0.5) is 5.69 Å². The van der Waals surface area contributed by atoms with Gasteiger partial charge in [0.2, 0.25) is 5.91 Å². The van der Waals surface area contributed by atoms with Gasteiger partial charge in [-0.1, -0.05) is 35.5 Å². The first-order chi connectivity index (χ1) is 13.7. The largest absolute Gasteiger partial charge is 0.325 e. The molecular weight excluding hydrogens is 406 g/mol. The van der Waals surface area contributed by atoms with Gasteiger partial charge in [0.15, 0.2) is 0 Å². The lowest BCUT2D eigenvalue weighted by Gasteiger charge is -2.13. The molecule has 0 bridgehead atoms. The van der Waals surface area contributed by atoms with Crippen molar-refractivity contribution < 1.29 is 4.79 Å². The van der Waals surface area contributed by atoms with Crippen molar-refractivity contribution in [3.63, 3.8) is 0 Å². The van der Waals surface area contributed by atoms with E-state index < -0.39 is 5.25 Å². The van der Waals surface area contributed by atoms with Crippen LogP contribution in [-0.4, -0.2) is 20.9 Å². The van der Waals surface area contributed by atoms with Crippen LogP contribution in [0.5, 0.6) is 0 Å². The van der Waals surface area contributed by atoms with E-state index in [1.807, 2.05) is 51.1 Å². The molecule has 150 valence electrons.